The van der Waals surface area contributed by atoms with Crippen LogP contribution in [0.1, 0.15) is 11.7 Å². The van der Waals surface area contributed by atoms with Gasteiger partial charge in [0.2, 0.25) is 0 Å². The summed E-state index contributed by atoms with van der Waals surface area (Å²) >= 11 is 0. The third kappa shape index (κ3) is 2.25. The monoisotopic (exact) mass is 224 g/mol. The van der Waals surface area contributed by atoms with Gasteiger partial charge >= 0.3 is 0 Å². The number of aliphatic hydroxyl groups excluding tert-OH is 1. The maximum Gasteiger partial charge on any atom is 0.131 e. The van der Waals surface area contributed by atoms with Gasteiger partial charge in [-0.3, -0.25) is 0 Å². The summed E-state index contributed by atoms with van der Waals surface area (Å²) in [4.78, 5) is 3.80. The van der Waals surface area contributed by atoms with Crippen molar-refractivity contribution in [3.63, 3.8) is 0 Å². The minimum atomic E-state index is -1.02. The largest absolute Gasteiger partial charge is 0.386 e. The van der Waals surface area contributed by atoms with E-state index in [1.165, 1.54) is 12.4 Å². The maximum absolute atomic E-state index is 13.3. The number of aromatic nitrogens is 2. The van der Waals surface area contributed by atoms with Gasteiger partial charge in [-0.25, -0.2) is 13.8 Å². The molecule has 2 rings (SSSR count). The lowest BCUT2D eigenvalue weighted by molar-refractivity contribution is 0.152. The summed E-state index contributed by atoms with van der Waals surface area (Å²) < 4.78 is 27.6. The number of hydrogen-bond acceptors (Lipinski definition) is 2. The molecule has 16 heavy (non-hydrogen) atoms. The van der Waals surface area contributed by atoms with Crippen LogP contribution in [0.5, 0.6) is 0 Å². The Labute approximate surface area is 91.0 Å². The van der Waals surface area contributed by atoms with Crippen LogP contribution in [0.4, 0.5) is 8.78 Å². The molecule has 2 aromatic rings. The van der Waals surface area contributed by atoms with Gasteiger partial charge in [0.25, 0.3) is 0 Å². The molecule has 5 heteroatoms. The maximum atomic E-state index is 13.3. The Bertz CT molecular complexity index is 471. The summed E-state index contributed by atoms with van der Waals surface area (Å²) in [6.07, 6.45) is 3.72. The summed E-state index contributed by atoms with van der Waals surface area (Å²) in [7, 11) is 0. The normalized spacial score (nSPS) is 12.7. The van der Waals surface area contributed by atoms with Gasteiger partial charge in [0, 0.05) is 24.0 Å². The van der Waals surface area contributed by atoms with Crippen LogP contribution >= 0.6 is 0 Å². The summed E-state index contributed by atoms with van der Waals surface area (Å²) in [5.41, 5.74) is 0.0788. The number of rotatable bonds is 3. The van der Waals surface area contributed by atoms with Crippen molar-refractivity contribution in [2.24, 2.45) is 0 Å². The van der Waals surface area contributed by atoms with Crippen LogP contribution in [0.2, 0.25) is 0 Å². The third-order valence-corrected chi connectivity index (χ3v) is 2.26. The van der Waals surface area contributed by atoms with Crippen molar-refractivity contribution in [1.29, 1.82) is 0 Å². The second kappa shape index (κ2) is 4.40. The van der Waals surface area contributed by atoms with Crippen molar-refractivity contribution < 1.29 is 13.9 Å². The summed E-state index contributed by atoms with van der Waals surface area (Å²) in [5.74, 6) is -1.40. The highest BCUT2D eigenvalue weighted by Crippen LogP contribution is 2.19. The number of imidazole rings is 1. The fourth-order valence-corrected chi connectivity index (χ4v) is 1.46. The molecule has 0 spiro atoms. The molecular formula is C11H10F2N2O. The van der Waals surface area contributed by atoms with Gasteiger partial charge in [-0.05, 0) is 6.07 Å². The molecule has 0 aliphatic rings. The Balaban J connectivity index is 2.17. The van der Waals surface area contributed by atoms with Crippen LogP contribution in [0.15, 0.2) is 36.9 Å². The van der Waals surface area contributed by atoms with Crippen LogP contribution in [0.25, 0.3) is 0 Å². The smallest absolute Gasteiger partial charge is 0.131 e. The number of aliphatic hydroxyl groups is 1. The molecule has 1 N–H and O–H groups in total. The van der Waals surface area contributed by atoms with Gasteiger partial charge in [-0.2, -0.15) is 0 Å². The molecule has 1 aromatic heterocycles. The quantitative estimate of drug-likeness (QED) is 0.864. The zero-order chi connectivity index (χ0) is 11.5. The lowest BCUT2D eigenvalue weighted by atomic mass is 10.1. The first-order valence-electron chi connectivity index (χ1n) is 4.75. The minimum Gasteiger partial charge on any atom is -0.386 e. The molecule has 84 valence electrons. The predicted octanol–water partition coefficient (Wildman–Crippen LogP) is 1.89. The first kappa shape index (κ1) is 10.8. The lowest BCUT2D eigenvalue weighted by Gasteiger charge is -2.12. The van der Waals surface area contributed by atoms with Crippen molar-refractivity contribution in [2.45, 2.75) is 12.6 Å². The van der Waals surface area contributed by atoms with Crippen molar-refractivity contribution in [2.75, 3.05) is 0 Å². The molecule has 0 fully saturated rings. The number of benzene rings is 1. The van der Waals surface area contributed by atoms with Crippen LogP contribution in [0.3, 0.4) is 0 Å². The van der Waals surface area contributed by atoms with Crippen molar-refractivity contribution in [3.8, 4) is 0 Å². The topological polar surface area (TPSA) is 38.0 Å². The van der Waals surface area contributed by atoms with Gasteiger partial charge in [-0.1, -0.05) is 6.07 Å². The molecule has 1 atom stereocenters. The van der Waals surface area contributed by atoms with E-state index in [-0.39, 0.29) is 12.1 Å². The molecule has 0 saturated carbocycles. The number of nitrogens with zero attached hydrogens (tertiary/aromatic N) is 2. The predicted molar refractivity (Wildman–Crippen MR) is 53.5 cm³/mol. The van der Waals surface area contributed by atoms with Crippen LogP contribution in [-0.4, -0.2) is 14.7 Å². The Morgan fingerprint density at radius 3 is 2.81 bits per heavy atom. The van der Waals surface area contributed by atoms with Crippen LogP contribution in [0, 0.1) is 11.6 Å². The number of hydrogen-bond donors (Lipinski definition) is 1. The Kier molecular flexibility index (Phi) is 2.96. The molecule has 0 unspecified atom stereocenters. The standard InChI is InChI=1S/C11H10F2N2O/c12-8-1-2-9(10(13)5-8)11(16)6-15-4-3-14-7-15/h1-5,7,11,16H,6H2/t11-/m1/s1. The summed E-state index contributed by atoms with van der Waals surface area (Å²) in [6, 6.07) is 3.12. The van der Waals surface area contributed by atoms with E-state index in [9.17, 15) is 13.9 Å². The molecule has 0 amide bonds. The van der Waals surface area contributed by atoms with E-state index in [0.29, 0.717) is 0 Å². The van der Waals surface area contributed by atoms with E-state index in [0.717, 1.165) is 12.1 Å². The first-order valence-corrected chi connectivity index (χ1v) is 4.75. The van der Waals surface area contributed by atoms with Gasteiger partial charge < -0.3 is 9.67 Å². The molecule has 1 heterocycles. The molecule has 1 aromatic carbocycles. The second-order valence-corrected chi connectivity index (χ2v) is 3.44. The van der Waals surface area contributed by atoms with E-state index < -0.39 is 17.7 Å². The average molecular weight is 224 g/mol. The van der Waals surface area contributed by atoms with Crippen LogP contribution in [-0.2, 0) is 6.54 Å². The Morgan fingerprint density at radius 1 is 1.38 bits per heavy atom. The SMILES string of the molecule is O[C@H](Cn1ccnc1)c1ccc(F)cc1F. The molecule has 0 radical (unpaired) electrons. The van der Waals surface area contributed by atoms with E-state index in [2.05, 4.69) is 4.98 Å². The highest BCUT2D eigenvalue weighted by atomic mass is 19.1. The molecule has 0 aliphatic heterocycles. The summed E-state index contributed by atoms with van der Waals surface area (Å²) in [6.45, 7) is 0.183. The van der Waals surface area contributed by atoms with E-state index in [1.807, 2.05) is 0 Å². The Morgan fingerprint density at radius 2 is 2.19 bits per heavy atom. The minimum absolute atomic E-state index is 0.0788. The van der Waals surface area contributed by atoms with Crippen molar-refractivity contribution in [3.05, 3.63) is 54.1 Å². The van der Waals surface area contributed by atoms with Crippen molar-refractivity contribution in [1.82, 2.24) is 9.55 Å². The zero-order valence-electron chi connectivity index (χ0n) is 8.35. The lowest BCUT2D eigenvalue weighted by Crippen LogP contribution is -2.09. The molecule has 0 aliphatic carbocycles. The molecule has 0 saturated heterocycles. The fourth-order valence-electron chi connectivity index (χ4n) is 1.46. The summed E-state index contributed by atoms with van der Waals surface area (Å²) in [5, 5.41) is 9.75. The van der Waals surface area contributed by atoms with E-state index in [4.69, 9.17) is 0 Å². The molecular weight excluding hydrogens is 214 g/mol. The Hall–Kier alpha value is -1.75. The molecule has 3 nitrogen and oxygen atoms in total. The number of halogens is 2. The van der Waals surface area contributed by atoms with E-state index in [1.54, 1.807) is 17.0 Å². The third-order valence-electron chi connectivity index (χ3n) is 2.26. The average Bonchev–Trinajstić information content (AvgIpc) is 2.70. The highest BCUT2D eigenvalue weighted by Gasteiger charge is 2.13. The van der Waals surface area contributed by atoms with Crippen molar-refractivity contribution >= 4 is 0 Å². The van der Waals surface area contributed by atoms with Gasteiger partial charge in [-0.15, -0.1) is 0 Å². The molecule has 0 bridgehead atoms. The zero-order valence-corrected chi connectivity index (χ0v) is 8.35. The van der Waals surface area contributed by atoms with Crippen LogP contribution < -0.4 is 0 Å². The van der Waals surface area contributed by atoms with Gasteiger partial charge in [0.1, 0.15) is 11.6 Å². The van der Waals surface area contributed by atoms with Gasteiger partial charge in [0.15, 0.2) is 0 Å². The van der Waals surface area contributed by atoms with Gasteiger partial charge in [0.05, 0.1) is 19.0 Å². The first-order chi connectivity index (χ1) is 7.66. The van der Waals surface area contributed by atoms with E-state index >= 15 is 0 Å². The fraction of sp³-hybridized carbons (Fsp3) is 0.182. The second-order valence-electron chi connectivity index (χ2n) is 3.44. The highest BCUT2D eigenvalue weighted by molar-refractivity contribution is 5.20.